The van der Waals surface area contributed by atoms with E-state index in [-0.39, 0.29) is 11.3 Å². The van der Waals surface area contributed by atoms with Crippen molar-refractivity contribution in [1.82, 2.24) is 0 Å². The van der Waals surface area contributed by atoms with Crippen molar-refractivity contribution in [1.29, 1.82) is 0 Å². The number of halogens is 2. The lowest BCUT2D eigenvalue weighted by atomic mass is 10.1. The lowest BCUT2D eigenvalue weighted by molar-refractivity contribution is -0.136. The fourth-order valence-electron chi connectivity index (χ4n) is 2.08. The van der Waals surface area contributed by atoms with Gasteiger partial charge in [0, 0.05) is 18.7 Å². The summed E-state index contributed by atoms with van der Waals surface area (Å²) >= 11 is 0. The molecule has 1 heterocycles. The van der Waals surface area contributed by atoms with Crippen LogP contribution in [0.15, 0.2) is 12.1 Å². The molecule has 1 aromatic rings. The number of nitrogens with zero attached hydrogens (tertiary/aromatic N) is 1. The zero-order chi connectivity index (χ0) is 12.4. The molecule has 0 unspecified atom stereocenters. The van der Waals surface area contributed by atoms with Crippen LogP contribution < -0.4 is 4.90 Å². The Morgan fingerprint density at radius 3 is 2.47 bits per heavy atom. The predicted octanol–water partition coefficient (Wildman–Crippen LogP) is 2.19. The lowest BCUT2D eigenvalue weighted by Gasteiger charge is -2.19. The lowest BCUT2D eigenvalue weighted by Crippen LogP contribution is -2.20. The first-order valence-electron chi connectivity index (χ1n) is 5.53. The van der Waals surface area contributed by atoms with Crippen LogP contribution in [-0.4, -0.2) is 24.2 Å². The minimum Gasteiger partial charge on any atom is -0.481 e. The molecule has 0 saturated carbocycles. The zero-order valence-electron chi connectivity index (χ0n) is 9.25. The minimum absolute atomic E-state index is 0.113. The second-order valence-electron chi connectivity index (χ2n) is 4.14. The number of benzene rings is 1. The Hall–Kier alpha value is -1.65. The van der Waals surface area contributed by atoms with Gasteiger partial charge < -0.3 is 10.0 Å². The summed E-state index contributed by atoms with van der Waals surface area (Å²) in [5.41, 5.74) is 0.118. The number of hydrogen-bond acceptors (Lipinski definition) is 2. The van der Waals surface area contributed by atoms with E-state index in [1.54, 1.807) is 4.90 Å². The van der Waals surface area contributed by atoms with Gasteiger partial charge in [-0.2, -0.15) is 0 Å². The van der Waals surface area contributed by atoms with Crippen LogP contribution in [0.2, 0.25) is 0 Å². The molecule has 0 aliphatic carbocycles. The third-order valence-corrected chi connectivity index (χ3v) is 2.93. The van der Waals surface area contributed by atoms with Gasteiger partial charge in [0.05, 0.1) is 12.1 Å². The van der Waals surface area contributed by atoms with E-state index in [4.69, 9.17) is 5.11 Å². The Labute approximate surface area is 97.7 Å². The quantitative estimate of drug-likeness (QED) is 0.881. The maximum atomic E-state index is 13.8. The Balaban J connectivity index is 2.31. The molecule has 0 spiro atoms. The van der Waals surface area contributed by atoms with Crippen molar-refractivity contribution in [3.63, 3.8) is 0 Å². The van der Waals surface area contributed by atoms with Gasteiger partial charge in [-0.05, 0) is 18.9 Å². The summed E-state index contributed by atoms with van der Waals surface area (Å²) in [6.07, 6.45) is 1.44. The van der Waals surface area contributed by atoms with Crippen LogP contribution in [0.1, 0.15) is 18.4 Å². The second kappa shape index (κ2) is 4.69. The molecule has 0 atom stereocenters. The Morgan fingerprint density at radius 1 is 1.24 bits per heavy atom. The normalized spacial score (nSPS) is 15.3. The van der Waals surface area contributed by atoms with Crippen molar-refractivity contribution in [2.45, 2.75) is 19.3 Å². The molecular formula is C12H13F2NO2. The van der Waals surface area contributed by atoms with Gasteiger partial charge >= 0.3 is 5.97 Å². The number of hydrogen-bond donors (Lipinski definition) is 1. The summed E-state index contributed by atoms with van der Waals surface area (Å²) in [5, 5.41) is 8.56. The Kier molecular flexibility index (Phi) is 3.26. The molecule has 1 N–H and O–H groups in total. The van der Waals surface area contributed by atoms with Crippen LogP contribution in [0, 0.1) is 11.6 Å². The molecule has 92 valence electrons. The van der Waals surface area contributed by atoms with Gasteiger partial charge in [-0.1, -0.05) is 6.07 Å². The average molecular weight is 241 g/mol. The molecule has 0 bridgehead atoms. The number of rotatable bonds is 3. The van der Waals surface area contributed by atoms with Gasteiger partial charge in [-0.3, -0.25) is 4.79 Å². The van der Waals surface area contributed by atoms with Crippen LogP contribution in [0.5, 0.6) is 0 Å². The number of carboxylic acid groups (broad SMARTS) is 1. The fourth-order valence-corrected chi connectivity index (χ4v) is 2.08. The molecular weight excluding hydrogens is 228 g/mol. The van der Waals surface area contributed by atoms with Crippen LogP contribution in [-0.2, 0) is 11.2 Å². The average Bonchev–Trinajstić information content (AvgIpc) is 2.78. The van der Waals surface area contributed by atoms with Crippen LogP contribution in [0.4, 0.5) is 14.5 Å². The molecule has 1 aromatic carbocycles. The molecule has 1 aliphatic rings. The molecule has 0 radical (unpaired) electrons. The van der Waals surface area contributed by atoms with Gasteiger partial charge in [0.25, 0.3) is 0 Å². The molecule has 5 heteroatoms. The first-order chi connectivity index (χ1) is 8.09. The Bertz CT molecular complexity index is 442. The van der Waals surface area contributed by atoms with Crippen molar-refractivity contribution >= 4 is 11.7 Å². The monoisotopic (exact) mass is 241 g/mol. The molecule has 1 saturated heterocycles. The van der Waals surface area contributed by atoms with Crippen LogP contribution in [0.3, 0.4) is 0 Å². The highest BCUT2D eigenvalue weighted by molar-refractivity contribution is 5.70. The number of aliphatic carboxylic acids is 1. The van der Waals surface area contributed by atoms with Crippen LogP contribution in [0.25, 0.3) is 0 Å². The summed E-state index contributed by atoms with van der Waals surface area (Å²) in [5.74, 6) is -3.15. The maximum absolute atomic E-state index is 13.8. The number of carboxylic acids is 1. The third-order valence-electron chi connectivity index (χ3n) is 2.93. The highest BCUT2D eigenvalue weighted by Crippen LogP contribution is 2.27. The maximum Gasteiger partial charge on any atom is 0.307 e. The van der Waals surface area contributed by atoms with E-state index in [1.807, 2.05) is 0 Å². The number of anilines is 1. The predicted molar refractivity (Wildman–Crippen MR) is 59.1 cm³/mol. The highest BCUT2D eigenvalue weighted by Gasteiger charge is 2.21. The Morgan fingerprint density at radius 2 is 1.88 bits per heavy atom. The molecule has 0 amide bonds. The molecule has 1 aliphatic heterocycles. The number of carbonyl (C=O) groups is 1. The molecule has 0 aromatic heterocycles. The topological polar surface area (TPSA) is 40.5 Å². The summed E-state index contributed by atoms with van der Waals surface area (Å²) in [6, 6.07) is 2.81. The molecule has 17 heavy (non-hydrogen) atoms. The highest BCUT2D eigenvalue weighted by atomic mass is 19.2. The van der Waals surface area contributed by atoms with Gasteiger partial charge in [-0.15, -0.1) is 0 Å². The van der Waals surface area contributed by atoms with Gasteiger partial charge in [-0.25, -0.2) is 8.78 Å². The molecule has 3 nitrogen and oxygen atoms in total. The van der Waals surface area contributed by atoms with E-state index in [0.717, 1.165) is 12.8 Å². The largest absolute Gasteiger partial charge is 0.481 e. The van der Waals surface area contributed by atoms with Crippen molar-refractivity contribution in [3.8, 4) is 0 Å². The molecule has 1 fully saturated rings. The van der Waals surface area contributed by atoms with Crippen molar-refractivity contribution in [2.75, 3.05) is 18.0 Å². The summed E-state index contributed by atoms with van der Waals surface area (Å²) in [4.78, 5) is 12.3. The van der Waals surface area contributed by atoms with Crippen molar-refractivity contribution in [2.24, 2.45) is 0 Å². The summed E-state index contributed by atoms with van der Waals surface area (Å²) < 4.78 is 27.4. The van der Waals surface area contributed by atoms with Gasteiger partial charge in [0.1, 0.15) is 0 Å². The third kappa shape index (κ3) is 2.38. The SMILES string of the molecule is O=C(O)Cc1ccc(N2CCCC2)c(F)c1F. The first kappa shape index (κ1) is 11.8. The molecule has 2 rings (SSSR count). The minimum atomic E-state index is -1.17. The van der Waals surface area contributed by atoms with E-state index < -0.39 is 24.0 Å². The fraction of sp³-hybridized carbons (Fsp3) is 0.417. The van der Waals surface area contributed by atoms with Crippen LogP contribution >= 0.6 is 0 Å². The van der Waals surface area contributed by atoms with E-state index in [0.29, 0.717) is 13.1 Å². The van der Waals surface area contributed by atoms with Gasteiger partial charge in [0.2, 0.25) is 0 Å². The smallest absolute Gasteiger partial charge is 0.307 e. The second-order valence-corrected chi connectivity index (χ2v) is 4.14. The van der Waals surface area contributed by atoms with Crippen molar-refractivity contribution in [3.05, 3.63) is 29.3 Å². The standard InChI is InChI=1S/C12H13F2NO2/c13-11-8(7-10(16)17)3-4-9(12(11)14)15-5-1-2-6-15/h3-4H,1-2,5-7H2,(H,16,17). The first-order valence-corrected chi connectivity index (χ1v) is 5.53. The van der Waals surface area contributed by atoms with E-state index in [2.05, 4.69) is 0 Å². The van der Waals surface area contributed by atoms with Crippen molar-refractivity contribution < 1.29 is 18.7 Å². The summed E-state index contributed by atoms with van der Waals surface area (Å²) in [7, 11) is 0. The van der Waals surface area contributed by atoms with E-state index >= 15 is 0 Å². The van der Waals surface area contributed by atoms with Gasteiger partial charge in [0.15, 0.2) is 11.6 Å². The van der Waals surface area contributed by atoms with E-state index in [1.165, 1.54) is 12.1 Å². The zero-order valence-corrected chi connectivity index (χ0v) is 9.25. The van der Waals surface area contributed by atoms with E-state index in [9.17, 15) is 13.6 Å². The summed E-state index contributed by atoms with van der Waals surface area (Å²) in [6.45, 7) is 1.43.